The Bertz CT molecular complexity index is 1280. The van der Waals surface area contributed by atoms with Crippen LogP contribution in [0.2, 0.25) is 0 Å². The van der Waals surface area contributed by atoms with Gasteiger partial charge >= 0.3 is 0 Å². The van der Waals surface area contributed by atoms with Crippen molar-refractivity contribution in [2.45, 2.75) is 25.8 Å². The Balaban J connectivity index is 1.54. The number of amidine groups is 1. The van der Waals surface area contributed by atoms with Gasteiger partial charge < -0.3 is 4.42 Å². The van der Waals surface area contributed by atoms with E-state index in [1.165, 1.54) is 22.9 Å². The first-order chi connectivity index (χ1) is 14.6. The molecule has 1 N–H and O–H groups in total. The molecule has 0 bridgehead atoms. The molecule has 6 nitrogen and oxygen atoms in total. The molecule has 1 atom stereocenters. The summed E-state index contributed by atoms with van der Waals surface area (Å²) in [6.45, 7) is 3.95. The molecule has 2 aromatic carbocycles. The number of carbonyl (C=O) groups excluding carboxylic acids is 1. The Morgan fingerprint density at radius 3 is 2.63 bits per heavy atom. The molecule has 3 heterocycles. The molecular weight excluding hydrogens is 396 g/mol. The van der Waals surface area contributed by atoms with E-state index in [0.717, 1.165) is 16.3 Å². The van der Waals surface area contributed by atoms with Gasteiger partial charge in [0.05, 0.1) is 5.36 Å². The van der Waals surface area contributed by atoms with Crippen molar-refractivity contribution in [2.75, 3.05) is 0 Å². The summed E-state index contributed by atoms with van der Waals surface area (Å²) in [5, 5.41) is 11.4. The van der Waals surface area contributed by atoms with E-state index < -0.39 is 6.17 Å². The fourth-order valence-corrected chi connectivity index (χ4v) is 4.31. The third-order valence-electron chi connectivity index (χ3n) is 5.03. The molecule has 0 spiro atoms. The van der Waals surface area contributed by atoms with E-state index in [-0.39, 0.29) is 5.91 Å². The number of rotatable bonds is 3. The van der Waals surface area contributed by atoms with Crippen LogP contribution in [-0.2, 0) is 10.5 Å². The molecule has 2 aliphatic rings. The topological polar surface area (TPSA) is 70.2 Å². The highest BCUT2D eigenvalue weighted by Gasteiger charge is 2.35. The van der Waals surface area contributed by atoms with Crippen LogP contribution in [0.15, 0.2) is 75.2 Å². The van der Waals surface area contributed by atoms with Gasteiger partial charge in [0, 0.05) is 11.0 Å². The van der Waals surface area contributed by atoms with Gasteiger partial charge in [-0.3, -0.25) is 10.1 Å². The van der Waals surface area contributed by atoms with Gasteiger partial charge in [-0.25, -0.2) is 10.0 Å². The summed E-state index contributed by atoms with van der Waals surface area (Å²) in [7, 11) is 0. The second kappa shape index (κ2) is 7.50. The lowest BCUT2D eigenvalue weighted by molar-refractivity contribution is -0.116. The predicted molar refractivity (Wildman–Crippen MR) is 117 cm³/mol. The minimum Gasteiger partial charge on any atom is -0.462 e. The van der Waals surface area contributed by atoms with Crippen LogP contribution in [-0.4, -0.2) is 16.1 Å². The lowest BCUT2D eigenvalue weighted by atomic mass is 10.1. The molecule has 1 aromatic heterocycles. The van der Waals surface area contributed by atoms with E-state index in [0.29, 0.717) is 22.4 Å². The van der Waals surface area contributed by atoms with Gasteiger partial charge in [-0.2, -0.15) is 0 Å². The number of fused-ring (bicyclic) bond motifs is 2. The van der Waals surface area contributed by atoms with Crippen LogP contribution in [0.5, 0.6) is 0 Å². The lowest BCUT2D eigenvalue weighted by Gasteiger charge is -2.32. The minimum absolute atomic E-state index is 0.188. The molecule has 0 radical (unpaired) electrons. The average molecular weight is 417 g/mol. The van der Waals surface area contributed by atoms with E-state index >= 15 is 0 Å². The van der Waals surface area contributed by atoms with Crippen LogP contribution in [0.25, 0.3) is 5.70 Å². The van der Waals surface area contributed by atoms with Crippen molar-refractivity contribution in [3.8, 4) is 0 Å². The van der Waals surface area contributed by atoms with Crippen molar-refractivity contribution >= 4 is 28.5 Å². The number of para-hydroxylation sites is 1. The largest absolute Gasteiger partial charge is 0.462 e. The molecule has 7 heteroatoms. The van der Waals surface area contributed by atoms with Crippen LogP contribution in [0.4, 0.5) is 0 Å². The summed E-state index contributed by atoms with van der Waals surface area (Å²) in [6, 6.07) is 19.7. The first-order valence-electron chi connectivity index (χ1n) is 9.69. The number of aryl methyl sites for hydroxylation is 2. The maximum absolute atomic E-state index is 13.1. The van der Waals surface area contributed by atoms with Crippen LogP contribution in [0, 0.1) is 13.8 Å². The zero-order valence-corrected chi connectivity index (χ0v) is 17.4. The van der Waals surface area contributed by atoms with Crippen molar-refractivity contribution in [3.63, 3.8) is 0 Å². The monoisotopic (exact) mass is 416 g/mol. The number of nitrogens with one attached hydrogen (secondary N) is 1. The van der Waals surface area contributed by atoms with Gasteiger partial charge in [-0.05, 0) is 37.6 Å². The van der Waals surface area contributed by atoms with Gasteiger partial charge in [0.25, 0.3) is 5.91 Å². The molecule has 3 aromatic rings. The van der Waals surface area contributed by atoms with E-state index in [1.807, 2.05) is 43.3 Å². The molecule has 0 saturated heterocycles. The van der Waals surface area contributed by atoms with Gasteiger partial charge in [-0.1, -0.05) is 59.8 Å². The Hall–Kier alpha value is -3.32. The molecule has 0 fully saturated rings. The quantitative estimate of drug-likeness (QED) is 0.713. The number of hydrazone groups is 1. The molecule has 0 aliphatic carbocycles. The summed E-state index contributed by atoms with van der Waals surface area (Å²) in [4.78, 5) is 17.9. The standard InChI is InChI=1S/C23H20N4O2S/c1-14-7-10-16(11-8-14)13-30-23-25-22(28)20-17-5-3-4-6-18(17)24-21(27(20)26-23)19-12-9-15(2)29-19/h3-12,21H,13H2,1-2H3,(H,25,26,28). The van der Waals surface area contributed by atoms with Crippen LogP contribution >= 0.6 is 11.8 Å². The first-order valence-corrected chi connectivity index (χ1v) is 10.7. The fraction of sp³-hybridized carbons (Fsp3) is 0.174. The van der Waals surface area contributed by atoms with E-state index in [2.05, 4.69) is 36.5 Å². The minimum atomic E-state index is -0.523. The van der Waals surface area contributed by atoms with Crippen molar-refractivity contribution < 1.29 is 9.21 Å². The molecular formula is C23H20N4O2S. The number of hydrogen-bond donors (Lipinski definition) is 1. The summed E-state index contributed by atoms with van der Waals surface area (Å²) in [5.74, 6) is 1.97. The fourth-order valence-electron chi connectivity index (χ4n) is 3.51. The number of hydrogen-bond acceptors (Lipinski definition) is 6. The molecule has 0 saturated carbocycles. The van der Waals surface area contributed by atoms with E-state index in [4.69, 9.17) is 14.5 Å². The molecule has 30 heavy (non-hydrogen) atoms. The smallest absolute Gasteiger partial charge is 0.276 e. The number of benzene rings is 2. The van der Waals surface area contributed by atoms with Crippen molar-refractivity contribution in [1.82, 2.24) is 10.3 Å². The second-order valence-electron chi connectivity index (χ2n) is 7.30. The summed E-state index contributed by atoms with van der Waals surface area (Å²) < 4.78 is 5.84. The molecule has 1 amide bonds. The van der Waals surface area contributed by atoms with Gasteiger partial charge in [0.1, 0.15) is 11.5 Å². The second-order valence-corrected chi connectivity index (χ2v) is 8.26. The highest BCUT2D eigenvalue weighted by atomic mass is 32.2. The van der Waals surface area contributed by atoms with Crippen LogP contribution < -0.4 is 15.9 Å². The number of furan rings is 1. The Morgan fingerprint density at radius 1 is 1.07 bits per heavy atom. The number of nitrogens with zero attached hydrogens (tertiary/aromatic N) is 3. The maximum atomic E-state index is 13.1. The van der Waals surface area contributed by atoms with Crippen LogP contribution in [0.3, 0.4) is 0 Å². The van der Waals surface area contributed by atoms with Crippen molar-refractivity contribution in [2.24, 2.45) is 10.1 Å². The maximum Gasteiger partial charge on any atom is 0.276 e. The Labute approximate surface area is 178 Å². The molecule has 2 aliphatic heterocycles. The zero-order chi connectivity index (χ0) is 20.7. The van der Waals surface area contributed by atoms with E-state index in [9.17, 15) is 4.79 Å². The summed E-state index contributed by atoms with van der Waals surface area (Å²) >= 11 is 1.49. The SMILES string of the molecule is Cc1ccc(CSC2=NN3C(=c4ccccc4=NC3c3ccc(C)o3)C(=O)N2)cc1. The molecule has 5 rings (SSSR count). The third-order valence-corrected chi connectivity index (χ3v) is 5.96. The summed E-state index contributed by atoms with van der Waals surface area (Å²) in [5.41, 5.74) is 2.88. The molecule has 1 unspecified atom stereocenters. The Kier molecular flexibility index (Phi) is 4.67. The Morgan fingerprint density at radius 2 is 1.87 bits per heavy atom. The summed E-state index contributed by atoms with van der Waals surface area (Å²) in [6.07, 6.45) is -0.523. The normalized spacial score (nSPS) is 17.6. The highest BCUT2D eigenvalue weighted by Crippen LogP contribution is 2.32. The predicted octanol–water partition coefficient (Wildman–Crippen LogP) is 2.97. The van der Waals surface area contributed by atoms with Crippen LogP contribution in [0.1, 0.15) is 28.8 Å². The van der Waals surface area contributed by atoms with Gasteiger partial charge in [0.2, 0.25) is 6.17 Å². The number of thioether (sulfide) groups is 1. The molecule has 150 valence electrons. The zero-order valence-electron chi connectivity index (χ0n) is 16.6. The highest BCUT2D eigenvalue weighted by molar-refractivity contribution is 8.13. The first kappa shape index (κ1) is 18.7. The number of amides is 1. The van der Waals surface area contributed by atoms with Gasteiger partial charge in [-0.15, -0.1) is 5.10 Å². The van der Waals surface area contributed by atoms with Crippen molar-refractivity contribution in [3.05, 3.63) is 93.9 Å². The number of carbonyl (C=O) groups is 1. The van der Waals surface area contributed by atoms with E-state index in [1.54, 1.807) is 5.01 Å². The lowest BCUT2D eigenvalue weighted by Crippen LogP contribution is -2.50. The third kappa shape index (κ3) is 3.41. The van der Waals surface area contributed by atoms with Gasteiger partial charge in [0.15, 0.2) is 10.9 Å². The average Bonchev–Trinajstić information content (AvgIpc) is 3.18. The van der Waals surface area contributed by atoms with Crippen molar-refractivity contribution in [1.29, 1.82) is 0 Å².